The van der Waals surface area contributed by atoms with Gasteiger partial charge in [0.05, 0.1) is 13.0 Å². The van der Waals surface area contributed by atoms with E-state index in [0.717, 1.165) is 26.2 Å². The van der Waals surface area contributed by atoms with E-state index in [4.69, 9.17) is 9.84 Å². The fourth-order valence-corrected chi connectivity index (χ4v) is 2.27. The van der Waals surface area contributed by atoms with Crippen LogP contribution < -0.4 is 0 Å². The van der Waals surface area contributed by atoms with Crippen LogP contribution in [0.15, 0.2) is 0 Å². The predicted octanol–water partition coefficient (Wildman–Crippen LogP) is 0.504. The number of nitrogens with zero attached hydrogens (tertiary/aromatic N) is 2. The highest BCUT2D eigenvalue weighted by atomic mass is 16.5. The first kappa shape index (κ1) is 14.4. The van der Waals surface area contributed by atoms with Crippen LogP contribution in [0.3, 0.4) is 0 Å². The standard InChI is InChI=1S/C12H24N2O3/c1-13(7-5-12(15)16)11-4-3-6-14(10-11)8-9-17-2/h11H,3-10H2,1-2H3,(H,15,16). The molecule has 0 saturated carbocycles. The molecule has 5 heteroatoms. The highest BCUT2D eigenvalue weighted by Gasteiger charge is 2.22. The highest BCUT2D eigenvalue weighted by Crippen LogP contribution is 2.14. The zero-order chi connectivity index (χ0) is 12.7. The molecule has 1 heterocycles. The van der Waals surface area contributed by atoms with E-state index in [1.165, 1.54) is 12.8 Å². The van der Waals surface area contributed by atoms with Gasteiger partial charge in [0.25, 0.3) is 0 Å². The number of likely N-dealkylation sites (N-methyl/N-ethyl adjacent to an activating group) is 1. The van der Waals surface area contributed by atoms with Crippen molar-refractivity contribution in [1.82, 2.24) is 9.80 Å². The van der Waals surface area contributed by atoms with Gasteiger partial charge in [0.2, 0.25) is 0 Å². The van der Waals surface area contributed by atoms with Gasteiger partial charge in [0.15, 0.2) is 0 Å². The Bertz CT molecular complexity index is 236. The van der Waals surface area contributed by atoms with Crippen LogP contribution >= 0.6 is 0 Å². The average molecular weight is 244 g/mol. The van der Waals surface area contributed by atoms with Crippen molar-refractivity contribution in [3.63, 3.8) is 0 Å². The Hall–Kier alpha value is -0.650. The molecule has 5 nitrogen and oxygen atoms in total. The number of likely N-dealkylation sites (tertiary alicyclic amines) is 1. The van der Waals surface area contributed by atoms with Gasteiger partial charge in [0, 0.05) is 32.8 Å². The van der Waals surface area contributed by atoms with Gasteiger partial charge in [-0.05, 0) is 26.4 Å². The summed E-state index contributed by atoms with van der Waals surface area (Å²) in [7, 11) is 3.74. The number of hydrogen-bond acceptors (Lipinski definition) is 4. The zero-order valence-corrected chi connectivity index (χ0v) is 10.9. The summed E-state index contributed by atoms with van der Waals surface area (Å²) in [4.78, 5) is 15.1. The van der Waals surface area contributed by atoms with Gasteiger partial charge in [-0.15, -0.1) is 0 Å². The van der Waals surface area contributed by atoms with E-state index in [9.17, 15) is 4.79 Å². The zero-order valence-electron chi connectivity index (χ0n) is 10.9. The number of ether oxygens (including phenoxy) is 1. The van der Waals surface area contributed by atoms with Crippen molar-refractivity contribution in [3.05, 3.63) is 0 Å². The first-order valence-electron chi connectivity index (χ1n) is 6.27. The van der Waals surface area contributed by atoms with Crippen LogP contribution in [0.25, 0.3) is 0 Å². The lowest BCUT2D eigenvalue weighted by molar-refractivity contribution is -0.137. The maximum Gasteiger partial charge on any atom is 0.304 e. The van der Waals surface area contributed by atoms with Gasteiger partial charge in [0.1, 0.15) is 0 Å². The normalized spacial score (nSPS) is 21.9. The van der Waals surface area contributed by atoms with E-state index in [2.05, 4.69) is 9.80 Å². The van der Waals surface area contributed by atoms with Gasteiger partial charge >= 0.3 is 5.97 Å². The van der Waals surface area contributed by atoms with Crippen LogP contribution in [0.5, 0.6) is 0 Å². The van der Waals surface area contributed by atoms with Gasteiger partial charge in [-0.1, -0.05) is 0 Å². The molecule has 17 heavy (non-hydrogen) atoms. The van der Waals surface area contributed by atoms with E-state index in [1.54, 1.807) is 7.11 Å². The minimum atomic E-state index is -0.719. The Kier molecular flexibility index (Phi) is 6.47. The quantitative estimate of drug-likeness (QED) is 0.707. The Morgan fingerprint density at radius 2 is 2.35 bits per heavy atom. The van der Waals surface area contributed by atoms with Gasteiger partial charge in [-0.3, -0.25) is 9.69 Å². The smallest absolute Gasteiger partial charge is 0.304 e. The molecule has 1 unspecified atom stereocenters. The molecule has 1 saturated heterocycles. The van der Waals surface area contributed by atoms with Crippen molar-refractivity contribution < 1.29 is 14.6 Å². The van der Waals surface area contributed by atoms with E-state index in [-0.39, 0.29) is 6.42 Å². The van der Waals surface area contributed by atoms with Crippen molar-refractivity contribution >= 4 is 5.97 Å². The molecule has 0 aliphatic carbocycles. The Labute approximate surface area is 103 Å². The number of methoxy groups -OCH3 is 1. The molecule has 0 aromatic carbocycles. The summed E-state index contributed by atoms with van der Waals surface area (Å²) < 4.78 is 5.09. The van der Waals surface area contributed by atoms with Crippen molar-refractivity contribution in [2.75, 3.05) is 46.9 Å². The van der Waals surface area contributed by atoms with Crippen LogP contribution in [-0.2, 0) is 9.53 Å². The summed E-state index contributed by atoms with van der Waals surface area (Å²) in [5.41, 5.74) is 0. The lowest BCUT2D eigenvalue weighted by atomic mass is 10.0. The van der Waals surface area contributed by atoms with Gasteiger partial charge < -0.3 is 14.7 Å². The molecular weight excluding hydrogens is 220 g/mol. The van der Waals surface area contributed by atoms with Crippen molar-refractivity contribution in [1.29, 1.82) is 0 Å². The first-order chi connectivity index (χ1) is 8.13. The molecule has 1 aliphatic rings. The van der Waals surface area contributed by atoms with Crippen LogP contribution in [0.4, 0.5) is 0 Å². The second-order valence-electron chi connectivity index (χ2n) is 4.71. The molecule has 0 radical (unpaired) electrons. The fourth-order valence-electron chi connectivity index (χ4n) is 2.27. The minimum Gasteiger partial charge on any atom is -0.481 e. The lowest BCUT2D eigenvalue weighted by Crippen LogP contribution is -2.47. The summed E-state index contributed by atoms with van der Waals surface area (Å²) in [6.07, 6.45) is 2.58. The van der Waals surface area contributed by atoms with E-state index in [1.807, 2.05) is 7.05 Å². The van der Waals surface area contributed by atoms with Gasteiger partial charge in [-0.25, -0.2) is 0 Å². The number of carbonyl (C=O) groups is 1. The summed E-state index contributed by atoms with van der Waals surface area (Å²) in [5, 5.41) is 8.68. The second kappa shape index (κ2) is 7.63. The van der Waals surface area contributed by atoms with Crippen molar-refractivity contribution in [3.8, 4) is 0 Å². The topological polar surface area (TPSA) is 53.0 Å². The molecule has 0 spiro atoms. The van der Waals surface area contributed by atoms with Gasteiger partial charge in [-0.2, -0.15) is 0 Å². The number of carboxylic acids is 1. The molecule has 0 amide bonds. The van der Waals surface area contributed by atoms with E-state index >= 15 is 0 Å². The molecule has 0 aromatic heterocycles. The van der Waals surface area contributed by atoms with E-state index in [0.29, 0.717) is 12.6 Å². The number of carboxylic acid groups (broad SMARTS) is 1. The Morgan fingerprint density at radius 1 is 1.59 bits per heavy atom. The second-order valence-corrected chi connectivity index (χ2v) is 4.71. The third-order valence-corrected chi connectivity index (χ3v) is 3.39. The molecule has 0 aromatic rings. The third kappa shape index (κ3) is 5.48. The largest absolute Gasteiger partial charge is 0.481 e. The summed E-state index contributed by atoms with van der Waals surface area (Å²) >= 11 is 0. The Balaban J connectivity index is 2.29. The van der Waals surface area contributed by atoms with E-state index < -0.39 is 5.97 Å². The molecular formula is C12H24N2O3. The Morgan fingerprint density at radius 3 is 3.00 bits per heavy atom. The van der Waals surface area contributed by atoms with Crippen molar-refractivity contribution in [2.45, 2.75) is 25.3 Å². The molecule has 0 bridgehead atoms. The van der Waals surface area contributed by atoms with Crippen LogP contribution in [-0.4, -0.2) is 73.9 Å². The average Bonchev–Trinajstić information content (AvgIpc) is 2.33. The monoisotopic (exact) mass is 244 g/mol. The summed E-state index contributed by atoms with van der Waals surface area (Å²) in [6, 6.07) is 0.486. The van der Waals surface area contributed by atoms with Crippen LogP contribution in [0, 0.1) is 0 Å². The van der Waals surface area contributed by atoms with Crippen molar-refractivity contribution in [2.24, 2.45) is 0 Å². The van der Waals surface area contributed by atoms with Crippen LogP contribution in [0.1, 0.15) is 19.3 Å². The summed E-state index contributed by atoms with van der Waals surface area (Å²) in [6.45, 7) is 4.54. The van der Waals surface area contributed by atoms with Crippen LogP contribution in [0.2, 0.25) is 0 Å². The number of aliphatic carboxylic acids is 1. The maximum absolute atomic E-state index is 10.5. The highest BCUT2D eigenvalue weighted by molar-refractivity contribution is 5.66. The maximum atomic E-state index is 10.5. The minimum absolute atomic E-state index is 0.227. The SMILES string of the molecule is COCCN1CCCC(N(C)CCC(=O)O)C1. The molecule has 1 N–H and O–H groups in total. The lowest BCUT2D eigenvalue weighted by Gasteiger charge is -2.37. The first-order valence-corrected chi connectivity index (χ1v) is 6.27. The molecule has 1 aliphatic heterocycles. The predicted molar refractivity (Wildman–Crippen MR) is 66.2 cm³/mol. The molecule has 1 fully saturated rings. The molecule has 1 atom stereocenters. The summed E-state index contributed by atoms with van der Waals surface area (Å²) in [5.74, 6) is -0.719. The number of hydrogen-bond donors (Lipinski definition) is 1. The molecule has 1 rings (SSSR count). The number of piperidine rings is 1. The fraction of sp³-hybridized carbons (Fsp3) is 0.917. The third-order valence-electron chi connectivity index (χ3n) is 3.39. The molecule has 100 valence electrons. The number of rotatable bonds is 7.